The number of aryl methyl sites for hydroxylation is 1. The summed E-state index contributed by atoms with van der Waals surface area (Å²) in [5, 5.41) is 0. The molecule has 0 N–H and O–H groups in total. The monoisotopic (exact) mass is 334 g/mol. The molecule has 1 aromatic rings. The fraction of sp³-hybridized carbons (Fsp3) is 0.632. The number of piperidine rings is 1. The zero-order valence-corrected chi connectivity index (χ0v) is 14.8. The van der Waals surface area contributed by atoms with E-state index in [1.807, 2.05) is 4.90 Å². The average Bonchev–Trinajstić information content (AvgIpc) is 2.83. The van der Waals surface area contributed by atoms with Crippen molar-refractivity contribution in [3.63, 3.8) is 0 Å². The van der Waals surface area contributed by atoms with Crippen LogP contribution in [0.4, 0.5) is 4.39 Å². The lowest BCUT2D eigenvalue weighted by Crippen LogP contribution is -2.44. The first-order valence-electron chi connectivity index (χ1n) is 8.69. The summed E-state index contributed by atoms with van der Waals surface area (Å²) in [6, 6.07) is 4.89. The minimum Gasteiger partial charge on any atom is -0.383 e. The molecule has 0 unspecified atom stereocenters. The van der Waals surface area contributed by atoms with Gasteiger partial charge in [0.2, 0.25) is 0 Å². The fourth-order valence-corrected chi connectivity index (χ4v) is 4.34. The van der Waals surface area contributed by atoms with Gasteiger partial charge in [-0.05, 0) is 62.4 Å². The van der Waals surface area contributed by atoms with Gasteiger partial charge in [-0.3, -0.25) is 4.79 Å². The molecule has 1 amide bonds. The van der Waals surface area contributed by atoms with Gasteiger partial charge in [0.1, 0.15) is 5.82 Å². The van der Waals surface area contributed by atoms with Crippen molar-refractivity contribution in [1.82, 2.24) is 9.80 Å². The molecule has 5 heteroatoms. The Hall–Kier alpha value is -1.46. The number of likely N-dealkylation sites (N-methyl/N-ethyl adjacent to an activating group) is 1. The summed E-state index contributed by atoms with van der Waals surface area (Å²) in [6.07, 6.45) is 3.21. The van der Waals surface area contributed by atoms with Crippen LogP contribution in [0, 0.1) is 18.2 Å². The Kier molecular flexibility index (Phi) is 4.92. The summed E-state index contributed by atoms with van der Waals surface area (Å²) in [7, 11) is 3.92. The molecule has 3 rings (SSSR count). The molecule has 2 aliphatic heterocycles. The predicted molar refractivity (Wildman–Crippen MR) is 91.6 cm³/mol. The van der Waals surface area contributed by atoms with E-state index in [1.54, 1.807) is 20.1 Å². The predicted octanol–water partition coefficient (Wildman–Crippen LogP) is 2.71. The minimum atomic E-state index is -0.292. The van der Waals surface area contributed by atoms with Crippen LogP contribution in [0.3, 0.4) is 0 Å². The van der Waals surface area contributed by atoms with E-state index in [9.17, 15) is 9.18 Å². The maximum atomic E-state index is 13.2. The summed E-state index contributed by atoms with van der Waals surface area (Å²) in [5.41, 5.74) is 1.64. The first-order valence-corrected chi connectivity index (χ1v) is 8.69. The van der Waals surface area contributed by atoms with Crippen molar-refractivity contribution in [2.45, 2.75) is 32.2 Å². The van der Waals surface area contributed by atoms with Crippen molar-refractivity contribution in [2.75, 3.05) is 40.4 Å². The number of likely N-dealkylation sites (tertiary alicyclic amines) is 2. The van der Waals surface area contributed by atoms with E-state index < -0.39 is 0 Å². The zero-order chi connectivity index (χ0) is 17.3. The van der Waals surface area contributed by atoms with Gasteiger partial charge >= 0.3 is 0 Å². The standard InChI is InChI=1S/C19H27FN2O2/c1-14-10-15(20)4-5-17(14)18(23)22-8-6-19(7-9-22)11-16(12-24-3)21(2)13-19/h4-5,10,16H,6-9,11-13H2,1-3H3/t16-/m0/s1. The average molecular weight is 334 g/mol. The summed E-state index contributed by atoms with van der Waals surface area (Å²) >= 11 is 0. The molecule has 2 fully saturated rings. The number of ether oxygens (including phenoxy) is 1. The number of benzene rings is 1. The van der Waals surface area contributed by atoms with Gasteiger partial charge in [-0.15, -0.1) is 0 Å². The number of hydrogen-bond acceptors (Lipinski definition) is 3. The molecule has 24 heavy (non-hydrogen) atoms. The lowest BCUT2D eigenvalue weighted by molar-refractivity contribution is 0.0591. The Labute approximate surface area is 143 Å². The summed E-state index contributed by atoms with van der Waals surface area (Å²) in [4.78, 5) is 17.1. The third-order valence-electron chi connectivity index (χ3n) is 5.77. The first-order chi connectivity index (χ1) is 11.4. The van der Waals surface area contributed by atoms with E-state index in [4.69, 9.17) is 4.74 Å². The molecule has 0 radical (unpaired) electrons. The number of amides is 1. The Morgan fingerprint density at radius 3 is 2.71 bits per heavy atom. The number of rotatable bonds is 3. The van der Waals surface area contributed by atoms with E-state index >= 15 is 0 Å². The highest BCUT2D eigenvalue weighted by Gasteiger charge is 2.44. The third-order valence-corrected chi connectivity index (χ3v) is 5.77. The number of halogens is 1. The van der Waals surface area contributed by atoms with Crippen molar-refractivity contribution in [3.8, 4) is 0 Å². The number of carbonyl (C=O) groups is 1. The van der Waals surface area contributed by atoms with Gasteiger partial charge in [0, 0.05) is 38.3 Å². The number of carbonyl (C=O) groups excluding carboxylic acids is 1. The molecule has 2 heterocycles. The van der Waals surface area contributed by atoms with Crippen molar-refractivity contribution in [3.05, 3.63) is 35.1 Å². The molecule has 1 spiro atoms. The van der Waals surface area contributed by atoms with Gasteiger partial charge in [0.25, 0.3) is 5.91 Å². The van der Waals surface area contributed by atoms with Gasteiger partial charge in [0.05, 0.1) is 6.61 Å². The lowest BCUT2D eigenvalue weighted by atomic mass is 9.76. The summed E-state index contributed by atoms with van der Waals surface area (Å²) in [5.74, 6) is -0.262. The van der Waals surface area contributed by atoms with Crippen LogP contribution in [0.25, 0.3) is 0 Å². The molecule has 0 aliphatic carbocycles. The van der Waals surface area contributed by atoms with Crippen LogP contribution in [0.1, 0.15) is 35.2 Å². The number of methoxy groups -OCH3 is 1. The van der Waals surface area contributed by atoms with E-state index in [-0.39, 0.29) is 11.7 Å². The van der Waals surface area contributed by atoms with Crippen LogP contribution in [0.5, 0.6) is 0 Å². The SMILES string of the molecule is COC[C@@H]1CC2(CCN(C(=O)c3ccc(F)cc3C)CC2)CN1C. The van der Waals surface area contributed by atoms with E-state index in [1.165, 1.54) is 12.1 Å². The molecular weight excluding hydrogens is 307 g/mol. The van der Waals surface area contributed by atoms with Gasteiger partial charge in [0.15, 0.2) is 0 Å². The highest BCUT2D eigenvalue weighted by atomic mass is 19.1. The maximum absolute atomic E-state index is 13.2. The van der Waals surface area contributed by atoms with E-state index in [0.717, 1.165) is 45.5 Å². The van der Waals surface area contributed by atoms with Crippen LogP contribution in [-0.2, 0) is 4.74 Å². The molecule has 1 atom stereocenters. The van der Waals surface area contributed by atoms with Crippen molar-refractivity contribution < 1.29 is 13.9 Å². The van der Waals surface area contributed by atoms with Crippen molar-refractivity contribution in [1.29, 1.82) is 0 Å². The Bertz CT molecular complexity index is 611. The van der Waals surface area contributed by atoms with Crippen molar-refractivity contribution in [2.24, 2.45) is 5.41 Å². The summed E-state index contributed by atoms with van der Waals surface area (Å²) < 4.78 is 18.6. The second-order valence-electron chi connectivity index (χ2n) is 7.48. The van der Waals surface area contributed by atoms with Crippen LogP contribution in [-0.4, -0.2) is 62.1 Å². The third kappa shape index (κ3) is 3.33. The fourth-order valence-electron chi connectivity index (χ4n) is 4.34. The molecule has 0 bridgehead atoms. The second-order valence-corrected chi connectivity index (χ2v) is 7.48. The van der Waals surface area contributed by atoms with Crippen LogP contribution >= 0.6 is 0 Å². The maximum Gasteiger partial charge on any atom is 0.254 e. The molecule has 0 aromatic heterocycles. The Morgan fingerprint density at radius 1 is 1.38 bits per heavy atom. The molecule has 2 saturated heterocycles. The number of nitrogens with zero attached hydrogens (tertiary/aromatic N) is 2. The second kappa shape index (κ2) is 6.81. The molecule has 1 aromatic carbocycles. The van der Waals surface area contributed by atoms with Crippen LogP contribution in [0.2, 0.25) is 0 Å². The molecule has 4 nitrogen and oxygen atoms in total. The van der Waals surface area contributed by atoms with Crippen molar-refractivity contribution >= 4 is 5.91 Å². The van der Waals surface area contributed by atoms with Crippen LogP contribution < -0.4 is 0 Å². The lowest BCUT2D eigenvalue weighted by Gasteiger charge is -2.39. The smallest absolute Gasteiger partial charge is 0.254 e. The topological polar surface area (TPSA) is 32.8 Å². The molecule has 2 aliphatic rings. The van der Waals surface area contributed by atoms with Gasteiger partial charge < -0.3 is 14.5 Å². The van der Waals surface area contributed by atoms with Gasteiger partial charge in [-0.2, -0.15) is 0 Å². The van der Waals surface area contributed by atoms with E-state index in [2.05, 4.69) is 11.9 Å². The molecule has 132 valence electrons. The zero-order valence-electron chi connectivity index (χ0n) is 14.8. The largest absolute Gasteiger partial charge is 0.383 e. The van der Waals surface area contributed by atoms with Gasteiger partial charge in [-0.1, -0.05) is 0 Å². The highest BCUT2D eigenvalue weighted by molar-refractivity contribution is 5.95. The van der Waals surface area contributed by atoms with Gasteiger partial charge in [-0.25, -0.2) is 4.39 Å². The first kappa shape index (κ1) is 17.4. The normalized spacial score (nSPS) is 23.8. The number of hydrogen-bond donors (Lipinski definition) is 0. The summed E-state index contributed by atoms with van der Waals surface area (Å²) in [6.45, 7) is 5.21. The minimum absolute atomic E-state index is 0.0298. The Balaban J connectivity index is 1.64. The van der Waals surface area contributed by atoms with E-state index in [0.29, 0.717) is 22.6 Å². The molecular formula is C19H27FN2O2. The quantitative estimate of drug-likeness (QED) is 0.852. The highest BCUT2D eigenvalue weighted by Crippen LogP contribution is 2.43. The Morgan fingerprint density at radius 2 is 2.08 bits per heavy atom. The molecule has 0 saturated carbocycles. The van der Waals surface area contributed by atoms with Crippen LogP contribution in [0.15, 0.2) is 18.2 Å².